The van der Waals surface area contributed by atoms with Crippen LogP contribution in [0.1, 0.15) is 25.7 Å². The molecular formula is C11H21N3O3S. The van der Waals surface area contributed by atoms with Crippen molar-refractivity contribution in [3.05, 3.63) is 0 Å². The number of likely N-dealkylation sites (N-methyl/N-ethyl adjacent to an activating group) is 1. The molecule has 1 aliphatic carbocycles. The zero-order chi connectivity index (χ0) is 13.2. The van der Waals surface area contributed by atoms with E-state index in [1.165, 1.54) is 0 Å². The first-order valence-corrected chi connectivity index (χ1v) is 8.00. The maximum atomic E-state index is 11.8. The lowest BCUT2D eigenvalue weighted by molar-refractivity contribution is -0.122. The Morgan fingerprint density at radius 2 is 2.06 bits per heavy atom. The summed E-state index contributed by atoms with van der Waals surface area (Å²) in [6.07, 6.45) is 3.35. The van der Waals surface area contributed by atoms with Gasteiger partial charge in [-0.1, -0.05) is 0 Å². The minimum atomic E-state index is -3.12. The molecule has 104 valence electrons. The first kappa shape index (κ1) is 13.8. The van der Waals surface area contributed by atoms with Crippen LogP contribution in [0.3, 0.4) is 0 Å². The number of amides is 1. The molecule has 1 aliphatic heterocycles. The molecule has 1 saturated heterocycles. The van der Waals surface area contributed by atoms with Crippen molar-refractivity contribution in [2.45, 2.75) is 37.0 Å². The van der Waals surface area contributed by atoms with Crippen LogP contribution < -0.4 is 10.0 Å². The fourth-order valence-corrected chi connectivity index (χ4v) is 3.89. The second kappa shape index (κ2) is 5.54. The van der Waals surface area contributed by atoms with Crippen LogP contribution in [0.25, 0.3) is 0 Å². The molecule has 1 atom stereocenters. The second-order valence-corrected chi connectivity index (χ2v) is 7.10. The number of rotatable bonds is 5. The van der Waals surface area contributed by atoms with E-state index in [2.05, 4.69) is 10.0 Å². The zero-order valence-electron chi connectivity index (χ0n) is 10.7. The quantitative estimate of drug-likeness (QED) is 0.694. The van der Waals surface area contributed by atoms with E-state index < -0.39 is 10.0 Å². The molecule has 18 heavy (non-hydrogen) atoms. The molecule has 0 bridgehead atoms. The predicted molar refractivity (Wildman–Crippen MR) is 68.6 cm³/mol. The second-order valence-electron chi connectivity index (χ2n) is 5.11. The van der Waals surface area contributed by atoms with Gasteiger partial charge in [0.1, 0.15) is 0 Å². The number of piperidine rings is 1. The van der Waals surface area contributed by atoms with E-state index in [4.69, 9.17) is 0 Å². The number of carbonyl (C=O) groups excluding carboxylic acids is 1. The topological polar surface area (TPSA) is 78.5 Å². The van der Waals surface area contributed by atoms with Gasteiger partial charge in [0.2, 0.25) is 15.9 Å². The lowest BCUT2D eigenvalue weighted by Crippen LogP contribution is -2.50. The van der Waals surface area contributed by atoms with Gasteiger partial charge in [-0.3, -0.25) is 9.69 Å². The summed E-state index contributed by atoms with van der Waals surface area (Å²) in [6.45, 7) is 1.83. The van der Waals surface area contributed by atoms with Gasteiger partial charge in [0, 0.05) is 19.6 Å². The van der Waals surface area contributed by atoms with Crippen molar-refractivity contribution < 1.29 is 13.2 Å². The molecule has 0 aromatic rings. The summed E-state index contributed by atoms with van der Waals surface area (Å²) in [7, 11) is -1.51. The van der Waals surface area contributed by atoms with Gasteiger partial charge in [0.25, 0.3) is 0 Å². The van der Waals surface area contributed by atoms with E-state index in [9.17, 15) is 13.2 Å². The van der Waals surface area contributed by atoms with Crippen LogP contribution in [0.4, 0.5) is 0 Å². The molecule has 7 heteroatoms. The first-order valence-electron chi connectivity index (χ1n) is 6.45. The highest BCUT2D eigenvalue weighted by Crippen LogP contribution is 2.28. The zero-order valence-corrected chi connectivity index (χ0v) is 11.5. The number of sulfonamides is 1. The Morgan fingerprint density at radius 1 is 1.33 bits per heavy atom. The molecule has 2 rings (SSSR count). The third kappa shape index (κ3) is 3.66. The summed E-state index contributed by atoms with van der Waals surface area (Å²) in [6, 6.07) is -0.0472. The van der Waals surface area contributed by atoms with Crippen LogP contribution in [0.5, 0.6) is 0 Å². The molecule has 0 aromatic heterocycles. The lowest BCUT2D eigenvalue weighted by Gasteiger charge is -2.32. The van der Waals surface area contributed by atoms with E-state index in [-0.39, 0.29) is 17.2 Å². The van der Waals surface area contributed by atoms with E-state index >= 15 is 0 Å². The Kier molecular flexibility index (Phi) is 4.24. The molecular weight excluding hydrogens is 254 g/mol. The third-order valence-corrected chi connectivity index (χ3v) is 5.46. The average molecular weight is 275 g/mol. The van der Waals surface area contributed by atoms with Gasteiger partial charge in [-0.2, -0.15) is 0 Å². The van der Waals surface area contributed by atoms with Crippen molar-refractivity contribution in [1.29, 1.82) is 0 Å². The van der Waals surface area contributed by atoms with Gasteiger partial charge in [0.15, 0.2) is 0 Å². The smallest absolute Gasteiger partial charge is 0.233 e. The van der Waals surface area contributed by atoms with Crippen LogP contribution in [0.2, 0.25) is 0 Å². The van der Waals surface area contributed by atoms with Gasteiger partial charge in [-0.25, -0.2) is 13.1 Å². The van der Waals surface area contributed by atoms with Gasteiger partial charge in [-0.15, -0.1) is 0 Å². The third-order valence-electron chi connectivity index (χ3n) is 3.45. The maximum absolute atomic E-state index is 11.8. The first-order chi connectivity index (χ1) is 8.51. The lowest BCUT2D eigenvalue weighted by atomic mass is 10.1. The number of hydrogen-bond acceptors (Lipinski definition) is 4. The molecule has 1 unspecified atom stereocenters. The van der Waals surface area contributed by atoms with E-state index in [0.717, 1.165) is 32.2 Å². The Balaban J connectivity index is 1.84. The fourth-order valence-electron chi connectivity index (χ4n) is 2.28. The number of hydrogen-bond donors (Lipinski definition) is 2. The normalized spacial score (nSPS) is 25.9. The molecule has 0 radical (unpaired) electrons. The Bertz CT molecular complexity index is 406. The summed E-state index contributed by atoms with van der Waals surface area (Å²) in [5, 5.41) is 2.41. The van der Waals surface area contributed by atoms with Crippen LogP contribution in [0, 0.1) is 0 Å². The SMILES string of the molecule is CNC(=O)CN1CCCC(NS(=O)(=O)C2CC2)C1. The number of likely N-dealkylation sites (tertiary alicyclic amines) is 1. The highest BCUT2D eigenvalue weighted by Gasteiger charge is 2.37. The average Bonchev–Trinajstić information content (AvgIpc) is 3.12. The van der Waals surface area contributed by atoms with Crippen molar-refractivity contribution in [2.24, 2.45) is 0 Å². The van der Waals surface area contributed by atoms with Gasteiger partial charge in [0.05, 0.1) is 11.8 Å². The Morgan fingerprint density at radius 3 is 2.67 bits per heavy atom. The monoisotopic (exact) mass is 275 g/mol. The summed E-state index contributed by atoms with van der Waals surface area (Å²) in [5.41, 5.74) is 0. The van der Waals surface area contributed by atoms with Crippen LogP contribution >= 0.6 is 0 Å². The summed E-state index contributed by atoms with van der Waals surface area (Å²) in [4.78, 5) is 13.3. The Labute approximate surface area is 108 Å². The molecule has 2 N–H and O–H groups in total. The maximum Gasteiger partial charge on any atom is 0.233 e. The van der Waals surface area contributed by atoms with Gasteiger partial charge >= 0.3 is 0 Å². The summed E-state index contributed by atoms with van der Waals surface area (Å²) in [5.74, 6) is -0.0271. The van der Waals surface area contributed by atoms with Crippen molar-refractivity contribution in [3.8, 4) is 0 Å². The molecule has 2 aliphatic rings. The molecule has 6 nitrogen and oxygen atoms in total. The van der Waals surface area contributed by atoms with Crippen molar-refractivity contribution in [2.75, 3.05) is 26.7 Å². The van der Waals surface area contributed by atoms with Crippen LogP contribution in [-0.4, -0.2) is 57.2 Å². The number of nitrogens with one attached hydrogen (secondary N) is 2. The Hall–Kier alpha value is -0.660. The summed E-state index contributed by atoms with van der Waals surface area (Å²) < 4.78 is 26.5. The minimum absolute atomic E-state index is 0.0271. The van der Waals surface area contributed by atoms with Crippen molar-refractivity contribution >= 4 is 15.9 Å². The van der Waals surface area contributed by atoms with E-state index in [1.807, 2.05) is 4.90 Å². The molecule has 0 aromatic carbocycles. The van der Waals surface area contributed by atoms with E-state index in [0.29, 0.717) is 13.1 Å². The standard InChI is InChI=1S/C11H21N3O3S/c1-12-11(15)8-14-6-2-3-9(7-14)13-18(16,17)10-4-5-10/h9-10,13H,2-8H2,1H3,(H,12,15). The van der Waals surface area contributed by atoms with E-state index in [1.54, 1.807) is 7.05 Å². The number of carbonyl (C=O) groups is 1. The van der Waals surface area contributed by atoms with Gasteiger partial charge in [-0.05, 0) is 32.2 Å². The molecule has 1 heterocycles. The van der Waals surface area contributed by atoms with Crippen molar-refractivity contribution in [1.82, 2.24) is 14.9 Å². The highest BCUT2D eigenvalue weighted by atomic mass is 32.2. The van der Waals surface area contributed by atoms with Crippen molar-refractivity contribution in [3.63, 3.8) is 0 Å². The molecule has 1 amide bonds. The highest BCUT2D eigenvalue weighted by molar-refractivity contribution is 7.90. The molecule has 1 saturated carbocycles. The number of nitrogens with zero attached hydrogens (tertiary/aromatic N) is 1. The summed E-state index contributed by atoms with van der Waals surface area (Å²) >= 11 is 0. The van der Waals surface area contributed by atoms with Gasteiger partial charge < -0.3 is 5.32 Å². The molecule has 0 spiro atoms. The fraction of sp³-hybridized carbons (Fsp3) is 0.909. The predicted octanol–water partition coefficient (Wildman–Crippen LogP) is -0.721. The largest absolute Gasteiger partial charge is 0.358 e. The van der Waals surface area contributed by atoms with Crippen LogP contribution in [-0.2, 0) is 14.8 Å². The van der Waals surface area contributed by atoms with Crippen LogP contribution in [0.15, 0.2) is 0 Å². The minimum Gasteiger partial charge on any atom is -0.358 e. The molecule has 2 fully saturated rings.